The maximum atomic E-state index is 9.66. The van der Waals surface area contributed by atoms with Crippen LogP contribution >= 0.6 is 23.0 Å². The van der Waals surface area contributed by atoms with Crippen LogP contribution in [-0.2, 0) is 8.85 Å². The number of hydrogen-bond donors (Lipinski definition) is 1. The summed E-state index contributed by atoms with van der Waals surface area (Å²) in [6.45, 7) is 3.62. The van der Waals surface area contributed by atoms with Crippen molar-refractivity contribution in [1.29, 1.82) is 0 Å². The van der Waals surface area contributed by atoms with Crippen LogP contribution < -0.4 is 0 Å². The quantitative estimate of drug-likeness (QED) is 0.665. The molecule has 1 unspecified atom stereocenters. The number of benzene rings is 1. The van der Waals surface area contributed by atoms with Gasteiger partial charge in [-0.25, -0.2) is 0 Å². The molecule has 12 heavy (non-hydrogen) atoms. The predicted molar refractivity (Wildman–Crippen MR) is 55.9 cm³/mol. The fraction of sp³-hybridized carbons (Fsp3) is 0.333. The SMILES string of the molecule is Cc1ccc(C(C)(O)OI)cc1. The fourth-order valence-corrected chi connectivity index (χ4v) is 1.16. The average molecular weight is 278 g/mol. The highest BCUT2D eigenvalue weighted by Crippen LogP contribution is 2.24. The smallest absolute Gasteiger partial charge is 0.200 e. The number of halogens is 1. The normalized spacial score (nSPS) is 15.7. The van der Waals surface area contributed by atoms with Crippen molar-refractivity contribution in [2.24, 2.45) is 0 Å². The Morgan fingerprint density at radius 1 is 1.33 bits per heavy atom. The van der Waals surface area contributed by atoms with E-state index >= 15 is 0 Å². The van der Waals surface area contributed by atoms with E-state index in [0.717, 1.165) is 5.56 Å². The second kappa shape index (κ2) is 3.72. The van der Waals surface area contributed by atoms with Crippen LogP contribution in [0.15, 0.2) is 24.3 Å². The van der Waals surface area contributed by atoms with E-state index in [2.05, 4.69) is 0 Å². The first-order chi connectivity index (χ1) is 5.56. The van der Waals surface area contributed by atoms with Gasteiger partial charge in [0.1, 0.15) is 23.0 Å². The Labute approximate surface area is 86.2 Å². The van der Waals surface area contributed by atoms with Crippen molar-refractivity contribution in [3.63, 3.8) is 0 Å². The van der Waals surface area contributed by atoms with Gasteiger partial charge in [0.15, 0.2) is 0 Å². The van der Waals surface area contributed by atoms with Crippen LogP contribution in [0.3, 0.4) is 0 Å². The lowest BCUT2D eigenvalue weighted by Gasteiger charge is -2.19. The molecule has 0 amide bonds. The van der Waals surface area contributed by atoms with Crippen molar-refractivity contribution in [2.75, 3.05) is 0 Å². The molecule has 0 heterocycles. The van der Waals surface area contributed by atoms with Crippen LogP contribution in [0.25, 0.3) is 0 Å². The Kier molecular flexibility index (Phi) is 3.09. The average Bonchev–Trinajstić information content (AvgIpc) is 2.05. The molecule has 0 aliphatic rings. The molecule has 0 fully saturated rings. The van der Waals surface area contributed by atoms with Crippen molar-refractivity contribution in [3.8, 4) is 0 Å². The molecule has 1 aromatic rings. The molecule has 0 saturated heterocycles. The third-order valence-corrected chi connectivity index (χ3v) is 2.59. The highest BCUT2D eigenvalue weighted by Gasteiger charge is 2.22. The molecule has 0 spiro atoms. The lowest BCUT2D eigenvalue weighted by molar-refractivity contribution is -0.0989. The van der Waals surface area contributed by atoms with E-state index in [9.17, 15) is 5.11 Å². The Hall–Kier alpha value is -0.130. The maximum absolute atomic E-state index is 9.66. The van der Waals surface area contributed by atoms with E-state index in [1.807, 2.05) is 31.2 Å². The minimum absolute atomic E-state index is 0.766. The van der Waals surface area contributed by atoms with Crippen LogP contribution in [-0.4, -0.2) is 5.11 Å². The van der Waals surface area contributed by atoms with Gasteiger partial charge in [-0.3, -0.25) is 3.07 Å². The van der Waals surface area contributed by atoms with Gasteiger partial charge in [-0.2, -0.15) is 0 Å². The molecule has 1 N–H and O–H groups in total. The third-order valence-electron chi connectivity index (χ3n) is 1.74. The first-order valence-corrected chi connectivity index (χ1v) is 4.53. The van der Waals surface area contributed by atoms with Gasteiger partial charge in [0, 0.05) is 5.56 Å². The van der Waals surface area contributed by atoms with Crippen LogP contribution in [0.5, 0.6) is 0 Å². The summed E-state index contributed by atoms with van der Waals surface area (Å²) in [6.07, 6.45) is 0. The first kappa shape index (κ1) is 9.95. The predicted octanol–water partition coefficient (Wildman–Crippen LogP) is 2.53. The van der Waals surface area contributed by atoms with Gasteiger partial charge in [-0.1, -0.05) is 29.8 Å². The number of aliphatic hydroxyl groups is 1. The summed E-state index contributed by atoms with van der Waals surface area (Å²) in [5, 5.41) is 9.66. The molecule has 3 heteroatoms. The molecular formula is C9H11IO2. The second-order valence-electron chi connectivity index (χ2n) is 2.93. The van der Waals surface area contributed by atoms with Gasteiger partial charge >= 0.3 is 0 Å². The van der Waals surface area contributed by atoms with Crippen molar-refractivity contribution >= 4 is 23.0 Å². The van der Waals surface area contributed by atoms with Crippen LogP contribution in [0.2, 0.25) is 0 Å². The lowest BCUT2D eigenvalue weighted by Crippen LogP contribution is -2.20. The number of aryl methyl sites for hydroxylation is 1. The van der Waals surface area contributed by atoms with Gasteiger partial charge in [0.05, 0.1) is 0 Å². The summed E-state index contributed by atoms with van der Waals surface area (Å²) in [6, 6.07) is 7.60. The molecule has 2 nitrogen and oxygen atoms in total. The van der Waals surface area contributed by atoms with E-state index in [4.69, 9.17) is 3.07 Å². The van der Waals surface area contributed by atoms with Crippen molar-refractivity contribution < 1.29 is 8.17 Å². The van der Waals surface area contributed by atoms with Gasteiger partial charge in [0.25, 0.3) is 0 Å². The zero-order valence-corrected chi connectivity index (χ0v) is 9.20. The van der Waals surface area contributed by atoms with E-state index in [0.29, 0.717) is 0 Å². The van der Waals surface area contributed by atoms with E-state index in [1.165, 1.54) is 5.56 Å². The molecule has 0 radical (unpaired) electrons. The zero-order valence-electron chi connectivity index (χ0n) is 7.04. The Bertz CT molecular complexity index is 254. The monoisotopic (exact) mass is 278 g/mol. The Balaban J connectivity index is 2.96. The standard InChI is InChI=1S/C9H11IO2/c1-7-3-5-8(6-4-7)9(2,11)12-10/h3-6,11H,1-2H3. The van der Waals surface area contributed by atoms with Crippen molar-refractivity contribution in [2.45, 2.75) is 19.6 Å². The van der Waals surface area contributed by atoms with Crippen LogP contribution in [0.1, 0.15) is 18.1 Å². The fourth-order valence-electron chi connectivity index (χ4n) is 0.907. The molecule has 1 aromatic carbocycles. The molecule has 0 aliphatic carbocycles. The van der Waals surface area contributed by atoms with Crippen LogP contribution in [0, 0.1) is 6.92 Å². The van der Waals surface area contributed by atoms with E-state index in [-0.39, 0.29) is 0 Å². The molecule has 0 bridgehead atoms. The minimum atomic E-state index is -1.19. The summed E-state index contributed by atoms with van der Waals surface area (Å²) in [5.41, 5.74) is 1.94. The largest absolute Gasteiger partial charge is 0.361 e. The maximum Gasteiger partial charge on any atom is 0.200 e. The highest BCUT2D eigenvalue weighted by atomic mass is 127. The molecule has 66 valence electrons. The molecule has 0 aliphatic heterocycles. The summed E-state index contributed by atoms with van der Waals surface area (Å²) in [7, 11) is 0. The summed E-state index contributed by atoms with van der Waals surface area (Å²) >= 11 is 1.69. The summed E-state index contributed by atoms with van der Waals surface area (Å²) in [5.74, 6) is -1.19. The van der Waals surface area contributed by atoms with E-state index < -0.39 is 5.79 Å². The Morgan fingerprint density at radius 3 is 2.25 bits per heavy atom. The van der Waals surface area contributed by atoms with E-state index in [1.54, 1.807) is 29.9 Å². The zero-order chi connectivity index (χ0) is 9.19. The van der Waals surface area contributed by atoms with Gasteiger partial charge in [0.2, 0.25) is 5.79 Å². The molecule has 1 rings (SSSR count). The topological polar surface area (TPSA) is 29.5 Å². The Morgan fingerprint density at radius 2 is 1.83 bits per heavy atom. The lowest BCUT2D eigenvalue weighted by atomic mass is 10.1. The van der Waals surface area contributed by atoms with Crippen molar-refractivity contribution in [1.82, 2.24) is 0 Å². The van der Waals surface area contributed by atoms with Crippen molar-refractivity contribution in [3.05, 3.63) is 35.4 Å². The van der Waals surface area contributed by atoms with Gasteiger partial charge < -0.3 is 5.11 Å². The third kappa shape index (κ3) is 2.18. The molecule has 1 atom stereocenters. The molecule has 0 saturated carbocycles. The van der Waals surface area contributed by atoms with Crippen LogP contribution in [0.4, 0.5) is 0 Å². The number of hydrogen-bond acceptors (Lipinski definition) is 2. The number of rotatable bonds is 2. The van der Waals surface area contributed by atoms with Gasteiger partial charge in [-0.15, -0.1) is 0 Å². The minimum Gasteiger partial charge on any atom is -0.361 e. The highest BCUT2D eigenvalue weighted by molar-refractivity contribution is 14.1. The molecule has 0 aromatic heterocycles. The van der Waals surface area contributed by atoms with Gasteiger partial charge in [-0.05, 0) is 13.8 Å². The summed E-state index contributed by atoms with van der Waals surface area (Å²) < 4.78 is 4.89. The second-order valence-corrected chi connectivity index (χ2v) is 3.37. The summed E-state index contributed by atoms with van der Waals surface area (Å²) in [4.78, 5) is 0. The molecular weight excluding hydrogens is 267 g/mol. The first-order valence-electron chi connectivity index (χ1n) is 3.65.